The number of carbonyl (C=O) groups excluding carboxylic acids is 1. The van der Waals surface area contributed by atoms with Gasteiger partial charge in [0.15, 0.2) is 0 Å². The van der Waals surface area contributed by atoms with Gasteiger partial charge in [-0.15, -0.1) is 11.3 Å². The summed E-state index contributed by atoms with van der Waals surface area (Å²) in [5, 5.41) is 5.13. The normalized spacial score (nSPS) is 15.4. The van der Waals surface area contributed by atoms with E-state index in [1.165, 1.54) is 4.88 Å². The fourth-order valence-electron chi connectivity index (χ4n) is 2.92. The molecule has 3 rings (SSSR count). The number of urea groups is 1. The Kier molecular flexibility index (Phi) is 5.18. The van der Waals surface area contributed by atoms with Crippen LogP contribution in [0.25, 0.3) is 0 Å². The first-order valence-electron chi connectivity index (χ1n) is 7.95. The lowest BCUT2D eigenvalue weighted by molar-refractivity contribution is 0.181. The minimum atomic E-state index is 0.0328. The van der Waals surface area contributed by atoms with Gasteiger partial charge in [-0.2, -0.15) is 0 Å². The van der Waals surface area contributed by atoms with Crippen LogP contribution in [0.5, 0.6) is 5.75 Å². The van der Waals surface area contributed by atoms with Gasteiger partial charge in [0.05, 0.1) is 7.11 Å². The maximum Gasteiger partial charge on any atom is 0.317 e. The van der Waals surface area contributed by atoms with E-state index in [0.717, 1.165) is 37.2 Å². The lowest BCUT2D eigenvalue weighted by atomic mass is 9.95. The molecule has 0 aliphatic carbocycles. The van der Waals surface area contributed by atoms with Crippen LogP contribution in [0.2, 0.25) is 0 Å². The number of amides is 2. The fraction of sp³-hybridized carbons (Fsp3) is 0.389. The number of ether oxygens (including phenoxy) is 1. The first-order chi connectivity index (χ1) is 11.3. The molecule has 0 bridgehead atoms. The summed E-state index contributed by atoms with van der Waals surface area (Å²) in [7, 11) is 1.65. The SMILES string of the molecule is COc1ccc(CNC(=O)N2CCC(c3cccs3)CC2)cc1. The predicted molar refractivity (Wildman–Crippen MR) is 93.1 cm³/mol. The molecule has 0 atom stereocenters. The molecular weight excluding hydrogens is 308 g/mol. The van der Waals surface area contributed by atoms with Crippen LogP contribution in [-0.4, -0.2) is 31.1 Å². The van der Waals surface area contributed by atoms with Crippen LogP contribution in [0.15, 0.2) is 41.8 Å². The second-order valence-corrected chi connectivity index (χ2v) is 6.76. The Balaban J connectivity index is 1.45. The molecule has 1 saturated heterocycles. The second-order valence-electron chi connectivity index (χ2n) is 5.78. The van der Waals surface area contributed by atoms with E-state index in [4.69, 9.17) is 4.74 Å². The van der Waals surface area contributed by atoms with Crippen LogP contribution in [0, 0.1) is 0 Å². The van der Waals surface area contributed by atoms with Crippen molar-refractivity contribution in [2.45, 2.75) is 25.3 Å². The third-order valence-electron chi connectivity index (χ3n) is 4.33. The summed E-state index contributed by atoms with van der Waals surface area (Å²) < 4.78 is 5.14. The zero-order valence-electron chi connectivity index (χ0n) is 13.3. The van der Waals surface area contributed by atoms with Crippen molar-refractivity contribution in [3.63, 3.8) is 0 Å². The van der Waals surface area contributed by atoms with Crippen molar-refractivity contribution in [3.8, 4) is 5.75 Å². The van der Waals surface area contributed by atoms with Crippen LogP contribution in [0.1, 0.15) is 29.2 Å². The Bertz CT molecular complexity index is 617. The second kappa shape index (κ2) is 7.51. The number of piperidine rings is 1. The van der Waals surface area contributed by atoms with Crippen molar-refractivity contribution in [1.82, 2.24) is 10.2 Å². The lowest BCUT2D eigenvalue weighted by Crippen LogP contribution is -2.43. The summed E-state index contributed by atoms with van der Waals surface area (Å²) in [5.41, 5.74) is 1.08. The number of hydrogen-bond donors (Lipinski definition) is 1. The van der Waals surface area contributed by atoms with E-state index in [-0.39, 0.29) is 6.03 Å². The number of hydrogen-bond acceptors (Lipinski definition) is 3. The van der Waals surface area contributed by atoms with Crippen LogP contribution in [-0.2, 0) is 6.54 Å². The minimum Gasteiger partial charge on any atom is -0.497 e. The van der Waals surface area contributed by atoms with Gasteiger partial charge in [-0.05, 0) is 47.9 Å². The zero-order valence-corrected chi connectivity index (χ0v) is 14.1. The summed E-state index contributed by atoms with van der Waals surface area (Å²) >= 11 is 1.82. The number of nitrogens with zero attached hydrogens (tertiary/aromatic N) is 1. The van der Waals surface area contributed by atoms with E-state index in [1.54, 1.807) is 7.11 Å². The van der Waals surface area contributed by atoms with Crippen molar-refractivity contribution in [2.75, 3.05) is 20.2 Å². The van der Waals surface area contributed by atoms with Gasteiger partial charge in [-0.3, -0.25) is 0 Å². The number of carbonyl (C=O) groups is 1. The molecule has 0 unspecified atom stereocenters. The summed E-state index contributed by atoms with van der Waals surface area (Å²) in [4.78, 5) is 15.7. The molecule has 5 heteroatoms. The van der Waals surface area contributed by atoms with Gasteiger partial charge in [-0.1, -0.05) is 18.2 Å². The molecule has 0 spiro atoms. The molecule has 4 nitrogen and oxygen atoms in total. The Hall–Kier alpha value is -2.01. The van der Waals surface area contributed by atoms with Crippen molar-refractivity contribution < 1.29 is 9.53 Å². The number of thiophene rings is 1. The Morgan fingerprint density at radius 3 is 2.61 bits per heavy atom. The zero-order chi connectivity index (χ0) is 16.1. The number of nitrogens with one attached hydrogen (secondary N) is 1. The number of rotatable bonds is 4. The van der Waals surface area contributed by atoms with Crippen molar-refractivity contribution in [1.29, 1.82) is 0 Å². The van der Waals surface area contributed by atoms with Gasteiger partial charge in [-0.25, -0.2) is 4.79 Å². The standard InChI is InChI=1S/C18H22N2O2S/c1-22-16-6-4-14(5-7-16)13-19-18(21)20-10-8-15(9-11-20)17-3-2-12-23-17/h2-7,12,15H,8-11,13H2,1H3,(H,19,21). The maximum absolute atomic E-state index is 12.3. The van der Waals surface area contributed by atoms with Crippen molar-refractivity contribution >= 4 is 17.4 Å². The average molecular weight is 330 g/mol. The molecule has 23 heavy (non-hydrogen) atoms. The molecule has 2 heterocycles. The molecule has 2 amide bonds. The highest BCUT2D eigenvalue weighted by atomic mass is 32.1. The monoisotopic (exact) mass is 330 g/mol. The third kappa shape index (κ3) is 4.05. The van der Waals surface area contributed by atoms with Crippen LogP contribution in [0.4, 0.5) is 4.79 Å². The molecule has 0 radical (unpaired) electrons. The minimum absolute atomic E-state index is 0.0328. The van der Waals surface area contributed by atoms with E-state index >= 15 is 0 Å². The third-order valence-corrected chi connectivity index (χ3v) is 5.37. The average Bonchev–Trinajstić information content (AvgIpc) is 3.15. The van der Waals surface area contributed by atoms with E-state index in [2.05, 4.69) is 22.8 Å². The first-order valence-corrected chi connectivity index (χ1v) is 8.83. The smallest absolute Gasteiger partial charge is 0.317 e. The summed E-state index contributed by atoms with van der Waals surface area (Å²) in [5.74, 6) is 1.44. The Morgan fingerprint density at radius 1 is 1.26 bits per heavy atom. The molecule has 1 aromatic heterocycles. The number of likely N-dealkylation sites (tertiary alicyclic amines) is 1. The van der Waals surface area contributed by atoms with Gasteiger partial charge >= 0.3 is 6.03 Å². The molecule has 122 valence electrons. The molecular formula is C18H22N2O2S. The molecule has 1 N–H and O–H groups in total. The largest absolute Gasteiger partial charge is 0.497 e. The summed E-state index contributed by atoms with van der Waals surface area (Å²) in [6.07, 6.45) is 2.10. The highest BCUT2D eigenvalue weighted by Gasteiger charge is 2.24. The van der Waals surface area contributed by atoms with Crippen molar-refractivity contribution in [2.24, 2.45) is 0 Å². The molecule has 1 fully saturated rings. The lowest BCUT2D eigenvalue weighted by Gasteiger charge is -2.31. The van der Waals surface area contributed by atoms with Crippen LogP contribution in [0.3, 0.4) is 0 Å². The quantitative estimate of drug-likeness (QED) is 0.925. The number of methoxy groups -OCH3 is 1. The van der Waals surface area contributed by atoms with Crippen molar-refractivity contribution in [3.05, 3.63) is 52.2 Å². The van der Waals surface area contributed by atoms with Gasteiger partial charge in [0.1, 0.15) is 5.75 Å². The Labute approximate surface area is 141 Å². The molecule has 1 aliphatic heterocycles. The van der Waals surface area contributed by atoms with E-state index in [0.29, 0.717) is 12.5 Å². The van der Waals surface area contributed by atoms with E-state index in [9.17, 15) is 4.79 Å². The fourth-order valence-corrected chi connectivity index (χ4v) is 3.82. The highest BCUT2D eigenvalue weighted by molar-refractivity contribution is 7.10. The Morgan fingerprint density at radius 2 is 2.00 bits per heavy atom. The molecule has 1 aliphatic rings. The van der Waals surface area contributed by atoms with E-state index < -0.39 is 0 Å². The molecule has 0 saturated carbocycles. The predicted octanol–water partition coefficient (Wildman–Crippen LogP) is 3.85. The molecule has 2 aromatic rings. The van der Waals surface area contributed by atoms with Gasteiger partial charge < -0.3 is 15.0 Å². The number of benzene rings is 1. The van der Waals surface area contributed by atoms with E-state index in [1.807, 2.05) is 40.5 Å². The topological polar surface area (TPSA) is 41.6 Å². The van der Waals surface area contributed by atoms with Crippen LogP contribution < -0.4 is 10.1 Å². The molecule has 1 aromatic carbocycles. The summed E-state index contributed by atoms with van der Waals surface area (Å²) in [6.45, 7) is 2.21. The summed E-state index contributed by atoms with van der Waals surface area (Å²) in [6, 6.07) is 12.1. The maximum atomic E-state index is 12.3. The van der Waals surface area contributed by atoms with Gasteiger partial charge in [0.2, 0.25) is 0 Å². The first kappa shape index (κ1) is 15.9. The van der Waals surface area contributed by atoms with Crippen LogP contribution >= 0.6 is 11.3 Å². The van der Waals surface area contributed by atoms with Gasteiger partial charge in [0.25, 0.3) is 0 Å². The van der Waals surface area contributed by atoms with Gasteiger partial charge in [0, 0.05) is 24.5 Å². The highest BCUT2D eigenvalue weighted by Crippen LogP contribution is 2.30.